The van der Waals surface area contributed by atoms with E-state index in [0.29, 0.717) is 0 Å². The molecule has 50 valence electrons. The molecule has 1 heterocycles. The van der Waals surface area contributed by atoms with E-state index in [-0.39, 0.29) is 0 Å². The third kappa shape index (κ3) is 1.45. The van der Waals surface area contributed by atoms with Crippen LogP contribution in [0, 0.1) is 0 Å². The maximum Gasteiger partial charge on any atom is 0.147 e. The van der Waals surface area contributed by atoms with E-state index in [2.05, 4.69) is 17.3 Å². The van der Waals surface area contributed by atoms with E-state index in [1.54, 1.807) is 4.68 Å². The molecule has 0 amide bonds. The molecular formula is C6H11N3. The fourth-order valence-electron chi connectivity index (χ4n) is 0.690. The second-order valence-corrected chi connectivity index (χ2v) is 1.90. The summed E-state index contributed by atoms with van der Waals surface area (Å²) in [6, 6.07) is 1.95. The summed E-state index contributed by atoms with van der Waals surface area (Å²) >= 11 is 0. The summed E-state index contributed by atoms with van der Waals surface area (Å²) in [5, 5.41) is 7.20. The Labute approximate surface area is 54.7 Å². The van der Waals surface area contributed by atoms with Crippen molar-refractivity contribution in [2.24, 2.45) is 7.05 Å². The summed E-state index contributed by atoms with van der Waals surface area (Å²) < 4.78 is 1.78. The minimum atomic E-state index is 0.928. The zero-order chi connectivity index (χ0) is 6.69. The Kier molecular flexibility index (Phi) is 1.72. The molecule has 0 spiro atoms. The molecule has 9 heavy (non-hydrogen) atoms. The minimum absolute atomic E-state index is 0.928. The Hall–Kier alpha value is -0.990. The average molecular weight is 125 g/mol. The molecule has 0 saturated heterocycles. The molecule has 1 N–H and O–H groups in total. The van der Waals surface area contributed by atoms with Crippen LogP contribution in [0.5, 0.6) is 0 Å². The first-order chi connectivity index (χ1) is 4.33. The third-order valence-corrected chi connectivity index (χ3v) is 1.07. The van der Waals surface area contributed by atoms with E-state index >= 15 is 0 Å². The summed E-state index contributed by atoms with van der Waals surface area (Å²) in [6.45, 7) is 2.98. The van der Waals surface area contributed by atoms with Crippen molar-refractivity contribution in [1.29, 1.82) is 0 Å². The van der Waals surface area contributed by atoms with E-state index in [4.69, 9.17) is 0 Å². The molecule has 0 bridgehead atoms. The normalized spacial score (nSPS) is 9.56. The van der Waals surface area contributed by atoms with Crippen molar-refractivity contribution >= 4 is 5.82 Å². The van der Waals surface area contributed by atoms with Crippen molar-refractivity contribution in [3.8, 4) is 0 Å². The fourth-order valence-corrected chi connectivity index (χ4v) is 0.690. The van der Waals surface area contributed by atoms with E-state index in [1.807, 2.05) is 19.3 Å². The smallest absolute Gasteiger partial charge is 0.147 e. The second-order valence-electron chi connectivity index (χ2n) is 1.90. The van der Waals surface area contributed by atoms with Gasteiger partial charge in [-0.15, -0.1) is 0 Å². The van der Waals surface area contributed by atoms with E-state index in [0.717, 1.165) is 12.4 Å². The average Bonchev–Trinajstić information content (AvgIpc) is 2.17. The molecule has 0 aliphatic carbocycles. The van der Waals surface area contributed by atoms with Crippen LogP contribution >= 0.6 is 0 Å². The number of nitrogens with one attached hydrogen (secondary N) is 1. The largest absolute Gasteiger partial charge is 0.369 e. The zero-order valence-corrected chi connectivity index (χ0v) is 5.76. The highest BCUT2D eigenvalue weighted by molar-refractivity contribution is 5.31. The van der Waals surface area contributed by atoms with Crippen LogP contribution < -0.4 is 5.32 Å². The van der Waals surface area contributed by atoms with Crippen molar-refractivity contribution in [2.75, 3.05) is 11.9 Å². The van der Waals surface area contributed by atoms with Crippen molar-refractivity contribution in [3.63, 3.8) is 0 Å². The SMILES string of the molecule is CCNc1ccn(C)n1. The van der Waals surface area contributed by atoms with E-state index < -0.39 is 0 Å². The molecule has 0 fully saturated rings. The van der Waals surface area contributed by atoms with Gasteiger partial charge in [-0.1, -0.05) is 0 Å². The van der Waals surface area contributed by atoms with Crippen LogP contribution in [0.3, 0.4) is 0 Å². The van der Waals surface area contributed by atoms with Gasteiger partial charge in [0.2, 0.25) is 0 Å². The van der Waals surface area contributed by atoms with Gasteiger partial charge >= 0.3 is 0 Å². The van der Waals surface area contributed by atoms with Gasteiger partial charge in [-0.25, -0.2) is 0 Å². The highest BCUT2D eigenvalue weighted by Crippen LogP contribution is 1.98. The highest BCUT2D eigenvalue weighted by Gasteiger charge is 1.89. The van der Waals surface area contributed by atoms with Crippen LogP contribution in [0.4, 0.5) is 5.82 Å². The van der Waals surface area contributed by atoms with Gasteiger partial charge in [-0.3, -0.25) is 4.68 Å². The Balaban J connectivity index is 2.61. The van der Waals surface area contributed by atoms with Crippen molar-refractivity contribution in [1.82, 2.24) is 9.78 Å². The molecule has 3 heteroatoms. The lowest BCUT2D eigenvalue weighted by Crippen LogP contribution is -1.97. The molecule has 1 aromatic rings. The molecule has 3 nitrogen and oxygen atoms in total. The number of aryl methyl sites for hydroxylation is 1. The Morgan fingerprint density at radius 3 is 3.00 bits per heavy atom. The number of rotatable bonds is 2. The van der Waals surface area contributed by atoms with Crippen molar-refractivity contribution in [3.05, 3.63) is 12.3 Å². The lowest BCUT2D eigenvalue weighted by molar-refractivity contribution is 0.769. The van der Waals surface area contributed by atoms with Crippen LogP contribution in [-0.4, -0.2) is 16.3 Å². The number of hydrogen-bond donors (Lipinski definition) is 1. The Morgan fingerprint density at radius 2 is 2.56 bits per heavy atom. The number of nitrogens with zero attached hydrogens (tertiary/aromatic N) is 2. The third-order valence-electron chi connectivity index (χ3n) is 1.07. The van der Waals surface area contributed by atoms with E-state index in [1.165, 1.54) is 0 Å². The zero-order valence-electron chi connectivity index (χ0n) is 5.76. The van der Waals surface area contributed by atoms with Gasteiger partial charge in [-0.2, -0.15) is 5.10 Å². The molecule has 0 aliphatic heterocycles. The summed E-state index contributed by atoms with van der Waals surface area (Å²) in [4.78, 5) is 0. The molecule has 0 atom stereocenters. The first-order valence-electron chi connectivity index (χ1n) is 3.06. The minimum Gasteiger partial charge on any atom is -0.369 e. The summed E-state index contributed by atoms with van der Waals surface area (Å²) in [7, 11) is 1.90. The summed E-state index contributed by atoms with van der Waals surface area (Å²) in [5.74, 6) is 0.944. The molecule has 0 radical (unpaired) electrons. The van der Waals surface area contributed by atoms with Crippen LogP contribution in [0.1, 0.15) is 6.92 Å². The van der Waals surface area contributed by atoms with Gasteiger partial charge in [0.15, 0.2) is 0 Å². The molecular weight excluding hydrogens is 114 g/mol. The van der Waals surface area contributed by atoms with Gasteiger partial charge < -0.3 is 5.32 Å². The standard InChI is InChI=1S/C6H11N3/c1-3-7-6-4-5-9(2)8-6/h4-5H,3H2,1-2H3,(H,7,8). The maximum atomic E-state index is 4.11. The molecule has 0 aromatic carbocycles. The molecule has 1 aromatic heterocycles. The molecule has 0 saturated carbocycles. The monoisotopic (exact) mass is 125 g/mol. The highest BCUT2D eigenvalue weighted by atomic mass is 15.3. The lowest BCUT2D eigenvalue weighted by Gasteiger charge is -1.93. The first-order valence-corrected chi connectivity index (χ1v) is 3.06. The summed E-state index contributed by atoms with van der Waals surface area (Å²) in [5.41, 5.74) is 0. The van der Waals surface area contributed by atoms with Gasteiger partial charge in [0, 0.05) is 25.9 Å². The first kappa shape index (κ1) is 6.13. The van der Waals surface area contributed by atoms with Crippen LogP contribution in [-0.2, 0) is 7.05 Å². The fraction of sp³-hybridized carbons (Fsp3) is 0.500. The van der Waals surface area contributed by atoms with Gasteiger partial charge in [0.05, 0.1) is 0 Å². The number of aromatic nitrogens is 2. The second kappa shape index (κ2) is 2.53. The van der Waals surface area contributed by atoms with Crippen molar-refractivity contribution in [2.45, 2.75) is 6.92 Å². The Morgan fingerprint density at radius 1 is 1.78 bits per heavy atom. The van der Waals surface area contributed by atoms with Crippen LogP contribution in [0.15, 0.2) is 12.3 Å². The number of anilines is 1. The van der Waals surface area contributed by atoms with Crippen LogP contribution in [0.2, 0.25) is 0 Å². The lowest BCUT2D eigenvalue weighted by atomic mass is 10.6. The van der Waals surface area contributed by atoms with Gasteiger partial charge in [0.25, 0.3) is 0 Å². The number of hydrogen-bond acceptors (Lipinski definition) is 2. The molecule has 0 aliphatic rings. The predicted octanol–water partition coefficient (Wildman–Crippen LogP) is 0.852. The van der Waals surface area contributed by atoms with Crippen molar-refractivity contribution < 1.29 is 0 Å². The molecule has 0 unspecified atom stereocenters. The quantitative estimate of drug-likeness (QED) is 0.635. The molecule has 1 rings (SSSR count). The van der Waals surface area contributed by atoms with Gasteiger partial charge in [-0.05, 0) is 6.92 Å². The predicted molar refractivity (Wildman–Crippen MR) is 37.4 cm³/mol. The maximum absolute atomic E-state index is 4.11. The Bertz CT molecular complexity index is 180. The topological polar surface area (TPSA) is 29.9 Å². The summed E-state index contributed by atoms with van der Waals surface area (Å²) in [6.07, 6.45) is 1.91. The van der Waals surface area contributed by atoms with Crippen LogP contribution in [0.25, 0.3) is 0 Å². The van der Waals surface area contributed by atoms with Gasteiger partial charge in [0.1, 0.15) is 5.82 Å². The van der Waals surface area contributed by atoms with E-state index in [9.17, 15) is 0 Å².